The van der Waals surface area contributed by atoms with Gasteiger partial charge in [-0.3, -0.25) is 4.98 Å². The van der Waals surface area contributed by atoms with E-state index < -0.39 is 17.3 Å². The molecular formula is C24H30N2O4S. The number of aromatic nitrogens is 1. The van der Waals surface area contributed by atoms with Crippen molar-refractivity contribution in [3.8, 4) is 17.0 Å². The summed E-state index contributed by atoms with van der Waals surface area (Å²) in [5.41, 5.74) is 1.62. The zero-order valence-corrected chi connectivity index (χ0v) is 19.4. The van der Waals surface area contributed by atoms with Crippen LogP contribution in [0.3, 0.4) is 0 Å². The van der Waals surface area contributed by atoms with Crippen LogP contribution >= 0.6 is 11.8 Å². The minimum atomic E-state index is -0.621. The summed E-state index contributed by atoms with van der Waals surface area (Å²) in [5, 5.41) is 10.9. The van der Waals surface area contributed by atoms with Gasteiger partial charge in [0.15, 0.2) is 0 Å². The molecule has 1 unspecified atom stereocenters. The highest BCUT2D eigenvalue weighted by Crippen LogP contribution is 2.45. The molecule has 31 heavy (non-hydrogen) atoms. The largest absolute Gasteiger partial charge is 0.485 e. The molecule has 1 saturated heterocycles. The molecule has 0 radical (unpaired) electrons. The molecule has 7 heteroatoms. The molecule has 2 aliphatic rings. The van der Waals surface area contributed by atoms with Crippen LogP contribution in [0.2, 0.25) is 0 Å². The van der Waals surface area contributed by atoms with Gasteiger partial charge in [0.05, 0.1) is 18.0 Å². The zero-order valence-electron chi connectivity index (χ0n) is 18.6. The zero-order chi connectivity index (χ0) is 22.2. The topological polar surface area (TPSA) is 71.9 Å². The number of thioether (sulfide) groups is 1. The third kappa shape index (κ3) is 4.83. The van der Waals surface area contributed by atoms with Gasteiger partial charge in [-0.25, -0.2) is 4.79 Å². The van der Waals surface area contributed by atoms with Crippen molar-refractivity contribution < 1.29 is 19.4 Å². The maximum absolute atomic E-state index is 12.4. The van der Waals surface area contributed by atoms with Crippen LogP contribution in [0.5, 0.6) is 5.75 Å². The van der Waals surface area contributed by atoms with E-state index in [1.165, 1.54) is 4.90 Å². The molecule has 1 spiro atoms. The summed E-state index contributed by atoms with van der Waals surface area (Å²) in [5.74, 6) is 0.633. The Bertz CT molecular complexity index is 947. The molecule has 166 valence electrons. The highest BCUT2D eigenvalue weighted by molar-refractivity contribution is 7.98. The summed E-state index contributed by atoms with van der Waals surface area (Å²) in [4.78, 5) is 19.9. The Balaban J connectivity index is 1.47. The van der Waals surface area contributed by atoms with Crippen molar-refractivity contribution in [2.24, 2.45) is 0 Å². The molecule has 6 nitrogen and oxygen atoms in total. The number of hydrogen-bond acceptors (Lipinski definition) is 6. The standard InChI is InChI=1S/C24H30N2O4S/c1-23(2,3)30-22(28)26-11-9-24(10-12-26)14-20(27)18-13-19(25-15-21(18)29-24)16-5-7-17(31-4)8-6-16/h5-8,13,15,20,27H,9-12,14H2,1-4H3. The van der Waals surface area contributed by atoms with Gasteiger partial charge in [-0.2, -0.15) is 0 Å². The van der Waals surface area contributed by atoms with E-state index in [4.69, 9.17) is 9.47 Å². The lowest BCUT2D eigenvalue weighted by molar-refractivity contribution is -0.0571. The number of ether oxygens (including phenoxy) is 2. The highest BCUT2D eigenvalue weighted by Gasteiger charge is 2.44. The number of pyridine rings is 1. The SMILES string of the molecule is CSc1ccc(-c2cc3c(cn2)OC2(CCN(C(=O)OC(C)(C)C)CC2)CC3O)cc1. The Hall–Kier alpha value is -2.25. The Labute approximate surface area is 188 Å². The molecule has 1 fully saturated rings. The number of rotatable bonds is 2. The van der Waals surface area contributed by atoms with Gasteiger partial charge in [0.2, 0.25) is 0 Å². The monoisotopic (exact) mass is 442 g/mol. The number of benzene rings is 1. The predicted octanol–water partition coefficient (Wildman–Crippen LogP) is 5.06. The van der Waals surface area contributed by atoms with Crippen LogP contribution in [-0.2, 0) is 4.74 Å². The van der Waals surface area contributed by atoms with Gasteiger partial charge in [-0.05, 0) is 45.2 Å². The number of likely N-dealkylation sites (tertiary alicyclic amines) is 1. The fraction of sp³-hybridized carbons (Fsp3) is 0.500. The molecule has 0 aliphatic carbocycles. The van der Waals surface area contributed by atoms with Crippen molar-refractivity contribution in [2.45, 2.75) is 62.2 Å². The normalized spacial score (nSPS) is 20.2. The van der Waals surface area contributed by atoms with Crippen LogP contribution in [0.25, 0.3) is 11.3 Å². The Morgan fingerprint density at radius 2 is 1.94 bits per heavy atom. The molecule has 0 saturated carbocycles. The fourth-order valence-electron chi connectivity index (χ4n) is 4.19. The Morgan fingerprint density at radius 3 is 2.55 bits per heavy atom. The molecule has 2 aliphatic heterocycles. The highest BCUT2D eigenvalue weighted by atomic mass is 32.2. The summed E-state index contributed by atoms with van der Waals surface area (Å²) >= 11 is 1.70. The van der Waals surface area contributed by atoms with Gasteiger partial charge < -0.3 is 19.5 Å². The Morgan fingerprint density at radius 1 is 1.26 bits per heavy atom. The summed E-state index contributed by atoms with van der Waals surface area (Å²) in [7, 11) is 0. The minimum Gasteiger partial charge on any atom is -0.485 e. The lowest BCUT2D eigenvalue weighted by Gasteiger charge is -2.45. The van der Waals surface area contributed by atoms with Crippen LogP contribution in [0, 0.1) is 0 Å². The second kappa shape index (κ2) is 8.36. The number of carbonyl (C=O) groups is 1. The number of hydrogen-bond donors (Lipinski definition) is 1. The van der Waals surface area contributed by atoms with E-state index in [0.717, 1.165) is 16.8 Å². The first-order valence-corrected chi connectivity index (χ1v) is 11.9. The summed E-state index contributed by atoms with van der Waals surface area (Å²) in [6.45, 7) is 6.69. The van der Waals surface area contributed by atoms with E-state index in [-0.39, 0.29) is 6.09 Å². The number of aliphatic hydroxyl groups is 1. The van der Waals surface area contributed by atoms with Gasteiger partial charge in [0, 0.05) is 48.4 Å². The van der Waals surface area contributed by atoms with E-state index in [2.05, 4.69) is 17.1 Å². The van der Waals surface area contributed by atoms with E-state index in [1.807, 2.05) is 45.2 Å². The van der Waals surface area contributed by atoms with Crippen molar-refractivity contribution in [2.75, 3.05) is 19.3 Å². The van der Waals surface area contributed by atoms with Crippen molar-refractivity contribution in [3.63, 3.8) is 0 Å². The van der Waals surface area contributed by atoms with Crippen LogP contribution in [0.15, 0.2) is 41.4 Å². The molecule has 0 bridgehead atoms. The van der Waals surface area contributed by atoms with Crippen LogP contribution < -0.4 is 4.74 Å². The first-order valence-electron chi connectivity index (χ1n) is 10.7. The average molecular weight is 443 g/mol. The van der Waals surface area contributed by atoms with Gasteiger partial charge >= 0.3 is 6.09 Å². The molecule has 1 aromatic heterocycles. The van der Waals surface area contributed by atoms with Crippen LogP contribution in [0.4, 0.5) is 4.79 Å². The van der Waals surface area contributed by atoms with E-state index in [1.54, 1.807) is 22.9 Å². The lowest BCUT2D eigenvalue weighted by atomic mass is 9.82. The van der Waals surface area contributed by atoms with Crippen molar-refractivity contribution in [1.29, 1.82) is 0 Å². The second-order valence-corrected chi connectivity index (χ2v) is 10.2. The number of nitrogens with zero attached hydrogens (tertiary/aromatic N) is 2. The maximum Gasteiger partial charge on any atom is 0.410 e. The summed E-state index contributed by atoms with van der Waals surface area (Å²) in [6, 6.07) is 10.2. The third-order valence-corrected chi connectivity index (χ3v) is 6.60. The number of amides is 1. The smallest absolute Gasteiger partial charge is 0.410 e. The molecule has 1 N–H and O–H groups in total. The quantitative estimate of drug-likeness (QED) is 0.656. The lowest BCUT2D eigenvalue weighted by Crippen LogP contribution is -2.52. The number of carbonyl (C=O) groups excluding carboxylic acids is 1. The molecule has 1 aromatic carbocycles. The molecule has 1 amide bonds. The summed E-state index contributed by atoms with van der Waals surface area (Å²) in [6.07, 6.45) is 4.67. The van der Waals surface area contributed by atoms with E-state index in [9.17, 15) is 9.90 Å². The maximum atomic E-state index is 12.4. The molecule has 4 rings (SSSR count). The van der Waals surface area contributed by atoms with Crippen LogP contribution in [-0.4, -0.2) is 51.6 Å². The third-order valence-electron chi connectivity index (χ3n) is 5.86. The minimum absolute atomic E-state index is 0.294. The van der Waals surface area contributed by atoms with E-state index >= 15 is 0 Å². The molecule has 1 atom stereocenters. The molecule has 3 heterocycles. The van der Waals surface area contributed by atoms with Crippen molar-refractivity contribution >= 4 is 17.9 Å². The fourth-order valence-corrected chi connectivity index (χ4v) is 4.60. The van der Waals surface area contributed by atoms with Crippen LogP contribution in [0.1, 0.15) is 51.7 Å². The van der Waals surface area contributed by atoms with E-state index in [0.29, 0.717) is 38.1 Å². The predicted molar refractivity (Wildman–Crippen MR) is 121 cm³/mol. The average Bonchev–Trinajstić information content (AvgIpc) is 2.73. The van der Waals surface area contributed by atoms with Gasteiger partial charge in [0.25, 0.3) is 0 Å². The van der Waals surface area contributed by atoms with Gasteiger partial charge in [-0.1, -0.05) is 12.1 Å². The summed E-state index contributed by atoms with van der Waals surface area (Å²) < 4.78 is 11.9. The second-order valence-electron chi connectivity index (χ2n) is 9.31. The van der Waals surface area contributed by atoms with Gasteiger partial charge in [0.1, 0.15) is 17.0 Å². The molecular weight excluding hydrogens is 412 g/mol. The van der Waals surface area contributed by atoms with Crippen molar-refractivity contribution in [1.82, 2.24) is 9.88 Å². The number of aliphatic hydroxyl groups excluding tert-OH is 1. The van der Waals surface area contributed by atoms with Gasteiger partial charge in [-0.15, -0.1) is 11.8 Å². The van der Waals surface area contributed by atoms with Crippen molar-refractivity contribution in [3.05, 3.63) is 42.1 Å². The number of piperidine rings is 1. The first kappa shape index (κ1) is 22.0. The first-order chi connectivity index (χ1) is 14.7. The Kier molecular flexibility index (Phi) is 5.92. The number of fused-ring (bicyclic) bond motifs is 1. The molecule has 2 aromatic rings.